The Kier molecular flexibility index (Phi) is 6.72. The highest BCUT2D eigenvalue weighted by Gasteiger charge is 2.22. The van der Waals surface area contributed by atoms with Crippen LogP contribution >= 0.6 is 11.8 Å². The van der Waals surface area contributed by atoms with Crippen LogP contribution in [0.25, 0.3) is 5.69 Å². The number of hydrogen-bond donors (Lipinski definition) is 2. The molecule has 0 aliphatic heterocycles. The Balaban J connectivity index is 1.44. The van der Waals surface area contributed by atoms with Crippen molar-refractivity contribution in [3.05, 3.63) is 66.4 Å². The van der Waals surface area contributed by atoms with E-state index in [9.17, 15) is 9.59 Å². The molecular formula is C24H26N4O2S. The fraction of sp³-hybridized carbons (Fsp3) is 0.292. The molecule has 1 aromatic heterocycles. The van der Waals surface area contributed by atoms with Crippen LogP contribution in [0.5, 0.6) is 0 Å². The van der Waals surface area contributed by atoms with Gasteiger partial charge in [0.15, 0.2) is 0 Å². The second-order valence-corrected chi connectivity index (χ2v) is 8.77. The summed E-state index contributed by atoms with van der Waals surface area (Å²) in [7, 11) is 0. The Hall–Kier alpha value is -3.06. The molecule has 1 saturated carbocycles. The zero-order valence-corrected chi connectivity index (χ0v) is 18.3. The van der Waals surface area contributed by atoms with Crippen LogP contribution in [0.4, 0.5) is 11.5 Å². The number of carbonyl (C=O) groups is 2. The Morgan fingerprint density at radius 3 is 2.42 bits per heavy atom. The van der Waals surface area contributed by atoms with Crippen molar-refractivity contribution in [2.75, 3.05) is 16.4 Å². The molecule has 0 atom stereocenters. The van der Waals surface area contributed by atoms with Crippen molar-refractivity contribution in [3.63, 3.8) is 0 Å². The van der Waals surface area contributed by atoms with Crippen LogP contribution in [0.15, 0.2) is 65.6 Å². The second kappa shape index (κ2) is 9.83. The van der Waals surface area contributed by atoms with Gasteiger partial charge in [-0.15, -0.1) is 11.8 Å². The monoisotopic (exact) mass is 434 g/mol. The number of thioether (sulfide) groups is 1. The third kappa shape index (κ3) is 5.55. The van der Waals surface area contributed by atoms with Crippen molar-refractivity contribution in [2.24, 2.45) is 0 Å². The molecular weight excluding hydrogens is 408 g/mol. The highest BCUT2D eigenvalue weighted by Crippen LogP contribution is 2.35. The molecule has 2 N–H and O–H groups in total. The Bertz CT molecular complexity index is 1040. The molecule has 1 aliphatic rings. The van der Waals surface area contributed by atoms with E-state index in [1.807, 2.05) is 65.3 Å². The first-order valence-corrected chi connectivity index (χ1v) is 11.5. The predicted molar refractivity (Wildman–Crippen MR) is 125 cm³/mol. The van der Waals surface area contributed by atoms with E-state index in [0.29, 0.717) is 11.7 Å². The molecule has 2 amide bonds. The van der Waals surface area contributed by atoms with Crippen molar-refractivity contribution in [2.45, 2.75) is 43.4 Å². The van der Waals surface area contributed by atoms with Gasteiger partial charge < -0.3 is 10.6 Å². The number of nitrogens with one attached hydrogen (secondary N) is 2. The first-order valence-electron chi connectivity index (χ1n) is 10.5. The van der Waals surface area contributed by atoms with E-state index in [2.05, 4.69) is 10.6 Å². The van der Waals surface area contributed by atoms with Gasteiger partial charge in [0.05, 0.1) is 17.1 Å². The van der Waals surface area contributed by atoms with Gasteiger partial charge in [-0.05, 0) is 49.2 Å². The average molecular weight is 435 g/mol. The lowest BCUT2D eigenvalue weighted by Gasteiger charge is -2.09. The standard InChI is InChI=1S/C24H26N4O2S/c1-17(29)25-19-11-13-21(14-12-19)31-16-24(30)26-23-15-22(18-7-5-6-8-18)27-28(23)20-9-3-2-4-10-20/h2-4,9-15,18H,5-8,16H2,1H3,(H,25,29)(H,26,30). The van der Waals surface area contributed by atoms with Gasteiger partial charge in [0.2, 0.25) is 11.8 Å². The van der Waals surface area contributed by atoms with Gasteiger partial charge in [-0.2, -0.15) is 5.10 Å². The molecule has 2 aromatic carbocycles. The minimum Gasteiger partial charge on any atom is -0.326 e. The topological polar surface area (TPSA) is 76.0 Å². The summed E-state index contributed by atoms with van der Waals surface area (Å²) in [6.07, 6.45) is 4.79. The van der Waals surface area contributed by atoms with Gasteiger partial charge in [-0.3, -0.25) is 9.59 Å². The van der Waals surface area contributed by atoms with Gasteiger partial charge in [0.1, 0.15) is 5.82 Å². The molecule has 7 heteroatoms. The summed E-state index contributed by atoms with van der Waals surface area (Å²) in [5.41, 5.74) is 2.73. The van der Waals surface area contributed by atoms with Crippen molar-refractivity contribution in [3.8, 4) is 5.69 Å². The summed E-state index contributed by atoms with van der Waals surface area (Å²) >= 11 is 1.45. The number of aromatic nitrogens is 2. The summed E-state index contributed by atoms with van der Waals surface area (Å²) in [6, 6.07) is 19.4. The smallest absolute Gasteiger partial charge is 0.235 e. The molecule has 0 unspecified atom stereocenters. The Morgan fingerprint density at radius 2 is 1.74 bits per heavy atom. The number of nitrogens with zero attached hydrogens (tertiary/aromatic N) is 2. The fourth-order valence-corrected chi connectivity index (χ4v) is 4.54. The quantitative estimate of drug-likeness (QED) is 0.500. The molecule has 31 heavy (non-hydrogen) atoms. The van der Waals surface area contributed by atoms with E-state index in [-0.39, 0.29) is 17.6 Å². The Labute approximate surface area is 186 Å². The maximum absolute atomic E-state index is 12.7. The van der Waals surface area contributed by atoms with Crippen LogP contribution in [-0.2, 0) is 9.59 Å². The molecule has 0 saturated heterocycles. The van der Waals surface area contributed by atoms with E-state index < -0.39 is 0 Å². The summed E-state index contributed by atoms with van der Waals surface area (Å²) in [4.78, 5) is 24.8. The number of para-hydroxylation sites is 1. The number of amides is 2. The first-order chi connectivity index (χ1) is 15.1. The third-order valence-electron chi connectivity index (χ3n) is 5.31. The van der Waals surface area contributed by atoms with Crippen LogP contribution in [0.1, 0.15) is 44.2 Å². The molecule has 1 aliphatic carbocycles. The van der Waals surface area contributed by atoms with Crippen molar-refractivity contribution in [1.82, 2.24) is 9.78 Å². The number of carbonyl (C=O) groups excluding carboxylic acids is 2. The number of benzene rings is 2. The van der Waals surface area contributed by atoms with Crippen molar-refractivity contribution < 1.29 is 9.59 Å². The van der Waals surface area contributed by atoms with Crippen LogP contribution in [0.3, 0.4) is 0 Å². The second-order valence-electron chi connectivity index (χ2n) is 7.73. The number of rotatable bonds is 7. The molecule has 160 valence electrons. The molecule has 0 bridgehead atoms. The Morgan fingerprint density at radius 1 is 1.03 bits per heavy atom. The molecule has 0 spiro atoms. The maximum atomic E-state index is 12.7. The molecule has 0 radical (unpaired) electrons. The normalized spacial score (nSPS) is 13.8. The lowest BCUT2D eigenvalue weighted by atomic mass is 10.0. The minimum absolute atomic E-state index is 0.0778. The lowest BCUT2D eigenvalue weighted by molar-refractivity contribution is -0.114. The van der Waals surface area contributed by atoms with E-state index in [4.69, 9.17) is 5.10 Å². The highest BCUT2D eigenvalue weighted by atomic mass is 32.2. The maximum Gasteiger partial charge on any atom is 0.235 e. The number of anilines is 2. The molecule has 1 heterocycles. The van der Waals surface area contributed by atoms with E-state index in [1.54, 1.807) is 0 Å². The van der Waals surface area contributed by atoms with Gasteiger partial charge in [0, 0.05) is 29.5 Å². The van der Waals surface area contributed by atoms with Crippen LogP contribution in [0, 0.1) is 0 Å². The van der Waals surface area contributed by atoms with Crippen molar-refractivity contribution >= 4 is 35.1 Å². The summed E-state index contributed by atoms with van der Waals surface area (Å²) in [5, 5.41) is 10.6. The van der Waals surface area contributed by atoms with Crippen LogP contribution in [0.2, 0.25) is 0 Å². The largest absolute Gasteiger partial charge is 0.326 e. The zero-order valence-electron chi connectivity index (χ0n) is 17.5. The summed E-state index contributed by atoms with van der Waals surface area (Å²) in [6.45, 7) is 1.48. The third-order valence-corrected chi connectivity index (χ3v) is 6.33. The minimum atomic E-state index is -0.105. The first kappa shape index (κ1) is 21.2. The van der Waals surface area contributed by atoms with Gasteiger partial charge in [-0.1, -0.05) is 31.0 Å². The predicted octanol–water partition coefficient (Wildman–Crippen LogP) is 5.22. The number of hydrogen-bond acceptors (Lipinski definition) is 4. The van der Waals surface area contributed by atoms with Gasteiger partial charge in [-0.25, -0.2) is 4.68 Å². The zero-order chi connectivity index (χ0) is 21.6. The highest BCUT2D eigenvalue weighted by molar-refractivity contribution is 8.00. The van der Waals surface area contributed by atoms with E-state index in [0.717, 1.165) is 34.8 Å². The lowest BCUT2D eigenvalue weighted by Crippen LogP contribution is -2.16. The van der Waals surface area contributed by atoms with Gasteiger partial charge in [0.25, 0.3) is 0 Å². The summed E-state index contributed by atoms with van der Waals surface area (Å²) in [5.74, 6) is 1.28. The SMILES string of the molecule is CC(=O)Nc1ccc(SCC(=O)Nc2cc(C3CCCC3)nn2-c2ccccc2)cc1. The van der Waals surface area contributed by atoms with Gasteiger partial charge >= 0.3 is 0 Å². The summed E-state index contributed by atoms with van der Waals surface area (Å²) < 4.78 is 1.83. The van der Waals surface area contributed by atoms with Crippen LogP contribution < -0.4 is 10.6 Å². The molecule has 6 nitrogen and oxygen atoms in total. The van der Waals surface area contributed by atoms with E-state index in [1.165, 1.54) is 31.5 Å². The fourth-order valence-electron chi connectivity index (χ4n) is 3.84. The average Bonchev–Trinajstić information content (AvgIpc) is 3.44. The van der Waals surface area contributed by atoms with Crippen LogP contribution in [-0.4, -0.2) is 27.3 Å². The molecule has 4 rings (SSSR count). The molecule has 3 aromatic rings. The molecule has 1 fully saturated rings. The van der Waals surface area contributed by atoms with E-state index >= 15 is 0 Å². The van der Waals surface area contributed by atoms with Crippen molar-refractivity contribution in [1.29, 1.82) is 0 Å².